The van der Waals surface area contributed by atoms with Crippen molar-refractivity contribution in [2.45, 2.75) is 13.8 Å². The van der Waals surface area contributed by atoms with E-state index in [0.717, 1.165) is 15.6 Å². The van der Waals surface area contributed by atoms with E-state index in [4.69, 9.17) is 17.0 Å². The van der Waals surface area contributed by atoms with Gasteiger partial charge >= 0.3 is 0 Å². The highest BCUT2D eigenvalue weighted by molar-refractivity contribution is 9.10. The number of thiocarbonyl (C=S) groups is 1. The molecule has 180 valence electrons. The van der Waals surface area contributed by atoms with E-state index < -0.39 is 11.8 Å². The number of hydrogen-bond acceptors (Lipinski definition) is 5. The van der Waals surface area contributed by atoms with Crippen LogP contribution in [0.3, 0.4) is 0 Å². The molecule has 4 N–H and O–H groups in total. The number of carbonyl (C=O) groups excluding carboxylic acids is 3. The van der Waals surface area contributed by atoms with Gasteiger partial charge in [0, 0.05) is 16.8 Å². The molecule has 3 aromatic rings. The fraction of sp³-hybridized carbons (Fsp3) is 0.120. The van der Waals surface area contributed by atoms with Crippen molar-refractivity contribution < 1.29 is 19.1 Å². The molecule has 3 aromatic carbocycles. The zero-order valence-corrected chi connectivity index (χ0v) is 21.4. The summed E-state index contributed by atoms with van der Waals surface area (Å²) in [5.74, 6) is -0.681. The van der Waals surface area contributed by atoms with E-state index in [1.165, 1.54) is 0 Å². The third-order valence-electron chi connectivity index (χ3n) is 4.67. The first-order valence-corrected chi connectivity index (χ1v) is 11.7. The number of nitrogens with one attached hydrogen (secondary N) is 4. The van der Waals surface area contributed by atoms with Crippen molar-refractivity contribution in [3.05, 3.63) is 93.5 Å². The number of hydrogen-bond donors (Lipinski definition) is 4. The summed E-state index contributed by atoms with van der Waals surface area (Å²) in [5.41, 5.74) is 8.33. The molecule has 0 saturated carbocycles. The average Bonchev–Trinajstić information content (AvgIpc) is 2.82. The van der Waals surface area contributed by atoms with Gasteiger partial charge in [-0.05, 0) is 96.1 Å². The van der Waals surface area contributed by atoms with Gasteiger partial charge in [-0.2, -0.15) is 0 Å². The molecule has 0 aliphatic heterocycles. The van der Waals surface area contributed by atoms with Crippen LogP contribution in [0.1, 0.15) is 31.8 Å². The van der Waals surface area contributed by atoms with E-state index >= 15 is 0 Å². The predicted octanol–water partition coefficient (Wildman–Crippen LogP) is 4.03. The van der Waals surface area contributed by atoms with Crippen LogP contribution in [0.15, 0.2) is 71.2 Å². The van der Waals surface area contributed by atoms with Crippen molar-refractivity contribution in [1.82, 2.24) is 16.2 Å². The Morgan fingerprint density at radius 2 is 1.57 bits per heavy atom. The molecule has 3 amide bonds. The smallest absolute Gasteiger partial charge is 0.269 e. The molecular weight excluding hydrogens is 532 g/mol. The summed E-state index contributed by atoms with van der Waals surface area (Å²) in [4.78, 5) is 36.7. The minimum absolute atomic E-state index is 0.0861. The second kappa shape index (κ2) is 12.1. The van der Waals surface area contributed by atoms with Crippen LogP contribution in [-0.2, 0) is 4.79 Å². The fourth-order valence-corrected chi connectivity index (χ4v) is 3.71. The molecule has 0 aliphatic rings. The first-order valence-electron chi connectivity index (χ1n) is 10.5. The van der Waals surface area contributed by atoms with Crippen LogP contribution in [0, 0.1) is 13.8 Å². The van der Waals surface area contributed by atoms with Gasteiger partial charge in [-0.15, -0.1) is 0 Å². The van der Waals surface area contributed by atoms with E-state index in [1.54, 1.807) is 42.5 Å². The molecule has 10 heteroatoms. The molecule has 0 atom stereocenters. The Bertz CT molecular complexity index is 1260. The molecule has 3 rings (SSSR count). The third kappa shape index (κ3) is 7.90. The zero-order chi connectivity index (χ0) is 25.4. The van der Waals surface area contributed by atoms with E-state index in [1.807, 2.05) is 38.1 Å². The minimum atomic E-state index is -0.488. The van der Waals surface area contributed by atoms with Crippen molar-refractivity contribution in [3.63, 3.8) is 0 Å². The molecule has 0 radical (unpaired) electrons. The lowest BCUT2D eigenvalue weighted by Gasteiger charge is -2.12. The van der Waals surface area contributed by atoms with Crippen molar-refractivity contribution in [2.75, 3.05) is 11.9 Å². The van der Waals surface area contributed by atoms with Gasteiger partial charge < -0.3 is 10.1 Å². The molecule has 35 heavy (non-hydrogen) atoms. The van der Waals surface area contributed by atoms with E-state index in [0.29, 0.717) is 22.6 Å². The monoisotopic (exact) mass is 554 g/mol. The molecule has 0 saturated heterocycles. The number of rotatable bonds is 6. The quantitative estimate of drug-likeness (QED) is 0.270. The lowest BCUT2D eigenvalue weighted by atomic mass is 10.1. The van der Waals surface area contributed by atoms with E-state index in [2.05, 4.69) is 37.4 Å². The SMILES string of the molecule is Cc1cccc(C(=O)Nc2ccc(C(=O)NNC(=S)NC(=O)COc3ccc(C)cc3Br)cc2)c1. The first kappa shape index (κ1) is 25.9. The molecule has 0 aromatic heterocycles. The van der Waals surface area contributed by atoms with Gasteiger partial charge in [-0.25, -0.2) is 0 Å². The number of halogens is 1. The Labute approximate surface area is 216 Å². The Balaban J connectivity index is 1.43. The normalized spacial score (nSPS) is 10.1. The van der Waals surface area contributed by atoms with Gasteiger partial charge in [0.25, 0.3) is 17.7 Å². The number of ether oxygens (including phenoxy) is 1. The standard InChI is InChI=1S/C25H23BrN4O4S/c1-15-4-3-5-18(12-15)23(32)27-19-9-7-17(8-10-19)24(33)29-30-25(35)28-22(31)14-34-21-11-6-16(2)13-20(21)26/h3-13H,14H2,1-2H3,(H,27,32)(H,29,33)(H2,28,30,31,35). The number of carbonyl (C=O) groups is 3. The Morgan fingerprint density at radius 1 is 0.857 bits per heavy atom. The highest BCUT2D eigenvalue weighted by Crippen LogP contribution is 2.25. The number of anilines is 1. The minimum Gasteiger partial charge on any atom is -0.483 e. The van der Waals surface area contributed by atoms with Crippen LogP contribution in [0.5, 0.6) is 5.75 Å². The summed E-state index contributed by atoms with van der Waals surface area (Å²) in [5, 5.41) is 5.11. The van der Waals surface area contributed by atoms with E-state index in [9.17, 15) is 14.4 Å². The summed E-state index contributed by atoms with van der Waals surface area (Å²) in [6.07, 6.45) is 0. The van der Waals surface area contributed by atoms with Crippen molar-refractivity contribution in [2.24, 2.45) is 0 Å². The Hall–Kier alpha value is -3.76. The lowest BCUT2D eigenvalue weighted by Crippen LogP contribution is -2.49. The number of aryl methyl sites for hydroxylation is 2. The van der Waals surface area contributed by atoms with Crippen molar-refractivity contribution in [3.8, 4) is 5.75 Å². The van der Waals surface area contributed by atoms with Gasteiger partial charge in [-0.3, -0.25) is 30.6 Å². The molecule has 0 bridgehead atoms. The molecule has 8 nitrogen and oxygen atoms in total. The van der Waals surface area contributed by atoms with Crippen molar-refractivity contribution in [1.29, 1.82) is 0 Å². The van der Waals surface area contributed by atoms with Crippen LogP contribution in [0.25, 0.3) is 0 Å². The number of amides is 3. The summed E-state index contributed by atoms with van der Waals surface area (Å²) >= 11 is 8.40. The maximum absolute atomic E-state index is 12.3. The Morgan fingerprint density at radius 3 is 2.26 bits per heavy atom. The third-order valence-corrected chi connectivity index (χ3v) is 5.50. The van der Waals surface area contributed by atoms with Crippen molar-refractivity contribution >= 4 is 56.7 Å². The van der Waals surface area contributed by atoms with Gasteiger partial charge in [0.05, 0.1) is 4.47 Å². The average molecular weight is 555 g/mol. The summed E-state index contributed by atoms with van der Waals surface area (Å²) in [6.45, 7) is 3.60. The van der Waals surface area contributed by atoms with Crippen LogP contribution >= 0.6 is 28.1 Å². The maximum atomic E-state index is 12.3. The summed E-state index contributed by atoms with van der Waals surface area (Å²) in [6, 6.07) is 19.1. The number of benzene rings is 3. The van der Waals surface area contributed by atoms with Crippen LogP contribution in [0.2, 0.25) is 0 Å². The van der Waals surface area contributed by atoms with Gasteiger partial charge in [-0.1, -0.05) is 23.8 Å². The molecule has 0 unspecified atom stereocenters. The summed E-state index contributed by atoms with van der Waals surface area (Å²) < 4.78 is 6.19. The van der Waals surface area contributed by atoms with Crippen LogP contribution in [0.4, 0.5) is 5.69 Å². The van der Waals surface area contributed by atoms with Gasteiger partial charge in [0.2, 0.25) is 0 Å². The molecule has 0 spiro atoms. The fourth-order valence-electron chi connectivity index (χ4n) is 2.94. The van der Waals surface area contributed by atoms with Gasteiger partial charge in [0.15, 0.2) is 11.7 Å². The van der Waals surface area contributed by atoms with E-state index in [-0.39, 0.29) is 17.6 Å². The number of hydrazine groups is 1. The van der Waals surface area contributed by atoms with Crippen LogP contribution in [-0.4, -0.2) is 29.4 Å². The van der Waals surface area contributed by atoms with Crippen LogP contribution < -0.4 is 26.2 Å². The highest BCUT2D eigenvalue weighted by atomic mass is 79.9. The molecule has 0 aliphatic carbocycles. The first-order chi connectivity index (χ1) is 16.7. The summed E-state index contributed by atoms with van der Waals surface area (Å²) in [7, 11) is 0. The topological polar surface area (TPSA) is 109 Å². The largest absolute Gasteiger partial charge is 0.483 e. The second-order valence-electron chi connectivity index (χ2n) is 7.58. The predicted molar refractivity (Wildman–Crippen MR) is 141 cm³/mol. The molecule has 0 heterocycles. The molecule has 0 fully saturated rings. The van der Waals surface area contributed by atoms with Gasteiger partial charge in [0.1, 0.15) is 5.75 Å². The maximum Gasteiger partial charge on any atom is 0.269 e. The lowest BCUT2D eigenvalue weighted by molar-refractivity contribution is -0.121. The molecular formula is C25H23BrN4O4S. The zero-order valence-electron chi connectivity index (χ0n) is 19.0. The Kier molecular flexibility index (Phi) is 8.93. The second-order valence-corrected chi connectivity index (χ2v) is 8.84. The highest BCUT2D eigenvalue weighted by Gasteiger charge is 2.11.